The number of nitrogens with one attached hydrogen (secondary N) is 1. The van der Waals surface area contributed by atoms with E-state index in [1.165, 1.54) is 14.2 Å². The first-order valence-electron chi connectivity index (χ1n) is 11.3. The van der Waals surface area contributed by atoms with Crippen LogP contribution in [-0.4, -0.2) is 39.1 Å². The normalized spacial score (nSPS) is 11.1. The molecule has 0 bridgehead atoms. The van der Waals surface area contributed by atoms with Crippen LogP contribution in [0.2, 0.25) is 5.02 Å². The van der Waals surface area contributed by atoms with Crippen LogP contribution in [-0.2, 0) is 17.8 Å². The van der Waals surface area contributed by atoms with Crippen molar-refractivity contribution in [3.05, 3.63) is 87.2 Å². The number of hydrogen-bond acceptors (Lipinski definition) is 6. The number of anilines is 1. The predicted octanol–water partition coefficient (Wildman–Crippen LogP) is 5.37. The number of rotatable bonds is 8. The van der Waals surface area contributed by atoms with Crippen LogP contribution in [0.15, 0.2) is 69.9 Å². The zero-order chi connectivity index (χ0) is 25.8. The molecule has 0 radical (unpaired) electrons. The largest absolute Gasteiger partial charge is 0.494 e. The fourth-order valence-electron chi connectivity index (χ4n) is 4.18. The molecule has 1 amide bonds. The molecule has 4 rings (SSSR count). The summed E-state index contributed by atoms with van der Waals surface area (Å²) in [5, 5.41) is 4.05. The number of methoxy groups -OCH3 is 2. The number of carbonyl (C=O) groups excluding carboxylic acids is 1. The van der Waals surface area contributed by atoms with Crippen molar-refractivity contribution < 1.29 is 18.7 Å². The molecule has 0 aliphatic heterocycles. The van der Waals surface area contributed by atoms with E-state index in [0.29, 0.717) is 45.3 Å². The van der Waals surface area contributed by atoms with E-state index in [4.69, 9.17) is 25.5 Å². The summed E-state index contributed by atoms with van der Waals surface area (Å²) in [6.07, 6.45) is -0.213. The molecule has 4 aromatic rings. The monoisotopic (exact) mass is 506 g/mol. The van der Waals surface area contributed by atoms with Crippen LogP contribution in [0.4, 0.5) is 5.69 Å². The molecule has 0 atom stereocenters. The lowest BCUT2D eigenvalue weighted by Gasteiger charge is -2.17. The minimum absolute atomic E-state index is 0.213. The maximum Gasteiger partial charge on any atom is 0.340 e. The summed E-state index contributed by atoms with van der Waals surface area (Å²) in [6, 6.07) is 18.2. The fourth-order valence-corrected chi connectivity index (χ4v) is 4.39. The highest BCUT2D eigenvalue weighted by molar-refractivity contribution is 6.32. The van der Waals surface area contributed by atoms with Crippen LogP contribution in [0.5, 0.6) is 11.5 Å². The predicted molar refractivity (Wildman–Crippen MR) is 142 cm³/mol. The number of amides is 1. The van der Waals surface area contributed by atoms with Gasteiger partial charge < -0.3 is 24.1 Å². The van der Waals surface area contributed by atoms with Crippen molar-refractivity contribution in [3.8, 4) is 22.6 Å². The molecule has 0 aliphatic rings. The number of para-hydroxylation sites is 1. The lowest BCUT2D eigenvalue weighted by molar-refractivity contribution is -0.115. The molecule has 0 saturated heterocycles. The quantitative estimate of drug-likeness (QED) is 0.323. The third kappa shape index (κ3) is 5.22. The second-order valence-electron chi connectivity index (χ2n) is 8.55. The fraction of sp³-hybridized carbons (Fsp3) is 0.214. The first-order chi connectivity index (χ1) is 17.3. The van der Waals surface area contributed by atoms with Crippen LogP contribution >= 0.6 is 11.6 Å². The van der Waals surface area contributed by atoms with Crippen molar-refractivity contribution in [2.24, 2.45) is 0 Å². The van der Waals surface area contributed by atoms with Gasteiger partial charge in [0.05, 0.1) is 26.2 Å². The Kier molecular flexibility index (Phi) is 7.62. The van der Waals surface area contributed by atoms with Crippen molar-refractivity contribution in [1.82, 2.24) is 4.90 Å². The standard InChI is InChI=1S/C28H27ClN2O5/c1-31(2)16-18-13-19-24(15-21(18)29)36-28(33)20(26(19)17-9-6-5-7-10-17)14-25(32)30-27-22(34-3)11-8-12-23(27)35-4/h5-13,15H,14,16H2,1-4H3,(H,30,32). The lowest BCUT2D eigenvalue weighted by Crippen LogP contribution is -2.21. The molecule has 0 unspecified atom stereocenters. The number of ether oxygens (including phenoxy) is 2. The van der Waals surface area contributed by atoms with Gasteiger partial charge in [-0.2, -0.15) is 0 Å². The minimum atomic E-state index is -0.597. The first kappa shape index (κ1) is 25.3. The van der Waals surface area contributed by atoms with E-state index >= 15 is 0 Å². The molecule has 7 nitrogen and oxygen atoms in total. The Labute approximate surface area is 214 Å². The molecule has 36 heavy (non-hydrogen) atoms. The molecule has 1 N–H and O–H groups in total. The molecule has 0 spiro atoms. The van der Waals surface area contributed by atoms with Crippen LogP contribution in [0.3, 0.4) is 0 Å². The highest BCUT2D eigenvalue weighted by atomic mass is 35.5. The van der Waals surface area contributed by atoms with Crippen LogP contribution in [0.1, 0.15) is 11.1 Å². The van der Waals surface area contributed by atoms with Crippen LogP contribution in [0.25, 0.3) is 22.1 Å². The number of benzene rings is 3. The van der Waals surface area contributed by atoms with Gasteiger partial charge in [-0.25, -0.2) is 4.79 Å². The average molecular weight is 507 g/mol. The van der Waals surface area contributed by atoms with E-state index < -0.39 is 11.5 Å². The Morgan fingerprint density at radius 3 is 2.28 bits per heavy atom. The van der Waals surface area contributed by atoms with Gasteiger partial charge in [0.15, 0.2) is 0 Å². The summed E-state index contributed by atoms with van der Waals surface area (Å²) in [5.41, 5.74) is 2.72. The Hall–Kier alpha value is -3.81. The van der Waals surface area contributed by atoms with E-state index in [-0.39, 0.29) is 12.0 Å². The van der Waals surface area contributed by atoms with Crippen molar-refractivity contribution >= 4 is 34.2 Å². The summed E-state index contributed by atoms with van der Waals surface area (Å²) in [5.74, 6) is 0.475. The Morgan fingerprint density at radius 2 is 1.67 bits per heavy atom. The van der Waals surface area contributed by atoms with Crippen molar-refractivity contribution in [3.63, 3.8) is 0 Å². The lowest BCUT2D eigenvalue weighted by atomic mass is 9.94. The van der Waals surface area contributed by atoms with Crippen LogP contribution < -0.4 is 20.4 Å². The minimum Gasteiger partial charge on any atom is -0.494 e. The summed E-state index contributed by atoms with van der Waals surface area (Å²) in [4.78, 5) is 28.4. The van der Waals surface area contributed by atoms with Crippen molar-refractivity contribution in [2.75, 3.05) is 33.6 Å². The zero-order valence-electron chi connectivity index (χ0n) is 20.6. The number of carbonyl (C=O) groups is 1. The van der Waals surface area contributed by atoms with Gasteiger partial charge in [0, 0.05) is 28.6 Å². The Morgan fingerprint density at radius 1 is 1.00 bits per heavy atom. The van der Waals surface area contributed by atoms with Gasteiger partial charge in [0.25, 0.3) is 0 Å². The molecular formula is C28H27ClN2O5. The number of nitrogens with zero attached hydrogens (tertiary/aromatic N) is 1. The molecule has 186 valence electrons. The molecule has 0 aliphatic carbocycles. The van der Waals surface area contributed by atoms with Crippen molar-refractivity contribution in [1.29, 1.82) is 0 Å². The average Bonchev–Trinajstić information content (AvgIpc) is 2.86. The smallest absolute Gasteiger partial charge is 0.340 e. The second-order valence-corrected chi connectivity index (χ2v) is 8.96. The third-order valence-corrected chi connectivity index (χ3v) is 6.10. The highest BCUT2D eigenvalue weighted by Gasteiger charge is 2.22. The van der Waals surface area contributed by atoms with Crippen LogP contribution in [0, 0.1) is 0 Å². The van der Waals surface area contributed by atoms with Gasteiger partial charge in [0.1, 0.15) is 22.8 Å². The Balaban J connectivity index is 1.85. The number of halogens is 1. The first-order valence-corrected chi connectivity index (χ1v) is 11.7. The van der Waals surface area contributed by atoms with Crippen molar-refractivity contribution in [2.45, 2.75) is 13.0 Å². The van der Waals surface area contributed by atoms with Gasteiger partial charge >= 0.3 is 5.63 Å². The van der Waals surface area contributed by atoms with Gasteiger partial charge in [0.2, 0.25) is 5.91 Å². The second kappa shape index (κ2) is 10.8. The summed E-state index contributed by atoms with van der Waals surface area (Å²) in [7, 11) is 6.91. The van der Waals surface area contributed by atoms with E-state index in [0.717, 1.165) is 11.1 Å². The highest BCUT2D eigenvalue weighted by Crippen LogP contribution is 2.36. The molecule has 1 heterocycles. The third-order valence-electron chi connectivity index (χ3n) is 5.75. The molecule has 0 fully saturated rings. The summed E-state index contributed by atoms with van der Waals surface area (Å²) < 4.78 is 16.4. The van der Waals surface area contributed by atoms with Gasteiger partial charge in [-0.05, 0) is 43.4 Å². The maximum absolute atomic E-state index is 13.2. The molecular weight excluding hydrogens is 480 g/mol. The van der Waals surface area contributed by atoms with E-state index in [1.807, 2.05) is 55.4 Å². The number of hydrogen-bond donors (Lipinski definition) is 1. The summed E-state index contributed by atoms with van der Waals surface area (Å²) >= 11 is 6.49. The number of fused-ring (bicyclic) bond motifs is 1. The van der Waals surface area contributed by atoms with Gasteiger partial charge in [-0.3, -0.25) is 4.79 Å². The van der Waals surface area contributed by atoms with E-state index in [1.54, 1.807) is 24.3 Å². The Bertz CT molecular complexity index is 1440. The molecule has 0 saturated carbocycles. The van der Waals surface area contributed by atoms with Gasteiger partial charge in [-0.15, -0.1) is 0 Å². The zero-order valence-corrected chi connectivity index (χ0v) is 21.3. The van der Waals surface area contributed by atoms with E-state index in [2.05, 4.69) is 5.32 Å². The topological polar surface area (TPSA) is 81.0 Å². The maximum atomic E-state index is 13.2. The molecule has 1 aromatic heterocycles. The van der Waals surface area contributed by atoms with E-state index in [9.17, 15) is 9.59 Å². The molecule has 8 heteroatoms. The van der Waals surface area contributed by atoms with Gasteiger partial charge in [-0.1, -0.05) is 48.0 Å². The summed E-state index contributed by atoms with van der Waals surface area (Å²) in [6.45, 7) is 0.603. The molecule has 3 aromatic carbocycles. The SMILES string of the molecule is COc1cccc(OC)c1NC(=O)Cc1c(-c2ccccc2)c2cc(CN(C)C)c(Cl)cc2oc1=O.